The lowest BCUT2D eigenvalue weighted by atomic mass is 10.0. The van der Waals surface area contributed by atoms with Crippen molar-refractivity contribution in [3.8, 4) is 0 Å². The van der Waals surface area contributed by atoms with Crippen molar-refractivity contribution in [2.24, 2.45) is 0 Å². The molecule has 4 rings (SSSR count). The molecule has 3 aromatic rings. The monoisotopic (exact) mass is 443 g/mol. The average Bonchev–Trinajstić information content (AvgIpc) is 3.37. The maximum Gasteiger partial charge on any atom is 0.246 e. The van der Waals surface area contributed by atoms with Crippen LogP contribution in [-0.2, 0) is 16.6 Å². The van der Waals surface area contributed by atoms with Crippen LogP contribution in [0.5, 0.6) is 0 Å². The first-order valence-electron chi connectivity index (χ1n) is 10.3. The average molecular weight is 444 g/mol. The number of hydrogen-bond acceptors (Lipinski definition) is 5. The minimum Gasteiger partial charge on any atom is -0.355 e. The van der Waals surface area contributed by atoms with Crippen molar-refractivity contribution in [1.82, 2.24) is 19.1 Å². The number of nitrogens with zero attached hydrogens (tertiary/aromatic N) is 4. The minimum absolute atomic E-state index is 0.00460. The first kappa shape index (κ1) is 21.5. The van der Waals surface area contributed by atoms with Crippen LogP contribution in [0.2, 0.25) is 0 Å². The van der Waals surface area contributed by atoms with Gasteiger partial charge >= 0.3 is 0 Å². The van der Waals surface area contributed by atoms with Gasteiger partial charge in [-0.05, 0) is 63.6 Å². The smallest absolute Gasteiger partial charge is 0.246 e. The van der Waals surface area contributed by atoms with Crippen molar-refractivity contribution >= 4 is 21.4 Å². The van der Waals surface area contributed by atoms with Gasteiger partial charge in [-0.3, -0.25) is 9.67 Å². The minimum atomic E-state index is -3.60. The van der Waals surface area contributed by atoms with Gasteiger partial charge in [-0.1, -0.05) is 0 Å². The highest BCUT2D eigenvalue weighted by Gasteiger charge is 2.35. The third-order valence-electron chi connectivity index (χ3n) is 5.52. The van der Waals surface area contributed by atoms with E-state index in [1.165, 1.54) is 16.4 Å². The Morgan fingerprint density at radius 3 is 2.58 bits per heavy atom. The van der Waals surface area contributed by atoms with E-state index in [-0.39, 0.29) is 16.6 Å². The van der Waals surface area contributed by atoms with Crippen LogP contribution < -0.4 is 5.32 Å². The summed E-state index contributed by atoms with van der Waals surface area (Å²) in [5.41, 5.74) is 3.82. The van der Waals surface area contributed by atoms with Crippen molar-refractivity contribution in [2.45, 2.75) is 44.6 Å². The van der Waals surface area contributed by atoms with Gasteiger partial charge in [-0.15, -0.1) is 0 Å². The van der Waals surface area contributed by atoms with Crippen molar-refractivity contribution < 1.29 is 12.8 Å². The maximum atomic E-state index is 13.2. The molecule has 1 aliphatic rings. The molecule has 1 aliphatic heterocycles. The van der Waals surface area contributed by atoms with E-state index in [4.69, 9.17) is 0 Å². The van der Waals surface area contributed by atoms with Gasteiger partial charge in [0.25, 0.3) is 0 Å². The number of rotatable bonds is 6. The second-order valence-electron chi connectivity index (χ2n) is 7.84. The number of aryl methyl sites for hydroxylation is 3. The van der Waals surface area contributed by atoms with Crippen LogP contribution in [0.3, 0.4) is 0 Å². The van der Waals surface area contributed by atoms with Crippen LogP contribution in [0.4, 0.5) is 15.8 Å². The molecule has 0 spiro atoms. The highest BCUT2D eigenvalue weighted by Crippen LogP contribution is 2.32. The summed E-state index contributed by atoms with van der Waals surface area (Å²) in [5, 5.41) is 7.55. The highest BCUT2D eigenvalue weighted by molar-refractivity contribution is 7.89. The zero-order chi connectivity index (χ0) is 22.2. The van der Waals surface area contributed by atoms with E-state index in [0.717, 1.165) is 22.8 Å². The van der Waals surface area contributed by atoms with Crippen LogP contribution in [0, 0.1) is 19.7 Å². The molecule has 0 amide bonds. The standard InChI is InChI=1S/C22H26FN5O2S/c1-4-27-14-22(16(3)26-27)31(29,30)28-10-9-17(13-28)21-12-20(11-15(2)24-21)25-19-7-5-18(23)6-8-19/h5-8,11-12,14,17H,4,9-10,13H2,1-3H3,(H,24,25). The molecular weight excluding hydrogens is 417 g/mol. The molecular formula is C22H26FN5O2S. The number of hydrogen-bond donors (Lipinski definition) is 1. The fraction of sp³-hybridized carbons (Fsp3) is 0.364. The SMILES string of the molecule is CCn1cc(S(=O)(=O)N2CCC(c3cc(Nc4ccc(F)cc4)cc(C)n3)C2)c(C)n1. The van der Waals surface area contributed by atoms with Gasteiger partial charge in [0.05, 0.1) is 5.69 Å². The molecule has 0 radical (unpaired) electrons. The molecule has 3 heterocycles. The number of benzene rings is 1. The number of anilines is 2. The molecule has 1 saturated heterocycles. The fourth-order valence-electron chi connectivity index (χ4n) is 3.92. The molecule has 31 heavy (non-hydrogen) atoms. The van der Waals surface area contributed by atoms with Gasteiger partial charge in [0.1, 0.15) is 10.7 Å². The third kappa shape index (κ3) is 4.47. The lowest BCUT2D eigenvalue weighted by Crippen LogP contribution is -2.29. The maximum absolute atomic E-state index is 13.2. The number of nitrogens with one attached hydrogen (secondary N) is 1. The zero-order valence-corrected chi connectivity index (χ0v) is 18.7. The molecule has 9 heteroatoms. The molecule has 0 saturated carbocycles. The van der Waals surface area contributed by atoms with Crippen LogP contribution in [0.15, 0.2) is 47.5 Å². The van der Waals surface area contributed by atoms with Crippen LogP contribution >= 0.6 is 0 Å². The summed E-state index contributed by atoms with van der Waals surface area (Å²) < 4.78 is 42.7. The second-order valence-corrected chi connectivity index (χ2v) is 9.74. The molecule has 7 nitrogen and oxygen atoms in total. The Morgan fingerprint density at radius 1 is 1.16 bits per heavy atom. The molecule has 0 aliphatic carbocycles. The Hall–Kier alpha value is -2.78. The predicted octanol–water partition coefficient (Wildman–Crippen LogP) is 3.98. The van der Waals surface area contributed by atoms with Crippen molar-refractivity contribution in [3.63, 3.8) is 0 Å². The Labute approximate surface area is 182 Å². The van der Waals surface area contributed by atoms with E-state index in [9.17, 15) is 12.8 Å². The molecule has 164 valence electrons. The number of halogens is 1. The Balaban J connectivity index is 1.54. The summed E-state index contributed by atoms with van der Waals surface area (Å²) in [6.45, 7) is 7.00. The van der Waals surface area contributed by atoms with E-state index in [2.05, 4.69) is 15.4 Å². The summed E-state index contributed by atoms with van der Waals surface area (Å²) in [6.07, 6.45) is 2.31. The Kier molecular flexibility index (Phi) is 5.81. The topological polar surface area (TPSA) is 80.1 Å². The largest absolute Gasteiger partial charge is 0.355 e. The molecule has 1 aromatic carbocycles. The number of sulfonamides is 1. The Bertz CT molecular complexity index is 1190. The van der Waals surface area contributed by atoms with E-state index in [0.29, 0.717) is 31.7 Å². The fourth-order valence-corrected chi connectivity index (χ4v) is 5.59. The molecule has 1 unspecified atom stereocenters. The molecule has 0 bridgehead atoms. The van der Waals surface area contributed by atoms with E-state index in [1.54, 1.807) is 29.9 Å². The number of aromatic nitrogens is 3. The van der Waals surface area contributed by atoms with Crippen LogP contribution in [0.25, 0.3) is 0 Å². The first-order valence-corrected chi connectivity index (χ1v) is 11.8. The van der Waals surface area contributed by atoms with Gasteiger partial charge in [-0.25, -0.2) is 12.8 Å². The Morgan fingerprint density at radius 2 is 1.90 bits per heavy atom. The van der Waals surface area contributed by atoms with Crippen molar-refractivity contribution in [1.29, 1.82) is 0 Å². The lowest BCUT2D eigenvalue weighted by Gasteiger charge is -2.17. The summed E-state index contributed by atoms with van der Waals surface area (Å²) in [4.78, 5) is 4.93. The van der Waals surface area contributed by atoms with E-state index < -0.39 is 10.0 Å². The van der Waals surface area contributed by atoms with Crippen LogP contribution in [-0.4, -0.2) is 40.6 Å². The predicted molar refractivity (Wildman–Crippen MR) is 117 cm³/mol. The zero-order valence-electron chi connectivity index (χ0n) is 17.8. The van der Waals surface area contributed by atoms with Gasteiger partial charge < -0.3 is 5.32 Å². The quantitative estimate of drug-likeness (QED) is 0.623. The first-order chi connectivity index (χ1) is 14.8. The van der Waals surface area contributed by atoms with Crippen molar-refractivity contribution in [2.75, 3.05) is 18.4 Å². The van der Waals surface area contributed by atoms with Crippen LogP contribution in [0.1, 0.15) is 36.3 Å². The summed E-state index contributed by atoms with van der Waals surface area (Å²) in [5.74, 6) is -0.283. The van der Waals surface area contributed by atoms with E-state index in [1.807, 2.05) is 26.0 Å². The summed E-state index contributed by atoms with van der Waals surface area (Å²) >= 11 is 0. The molecule has 1 fully saturated rings. The van der Waals surface area contributed by atoms with Gasteiger partial charge in [0.2, 0.25) is 10.0 Å². The summed E-state index contributed by atoms with van der Waals surface area (Å²) in [6, 6.07) is 10.0. The van der Waals surface area contributed by atoms with Gasteiger partial charge in [0, 0.05) is 54.5 Å². The number of pyridine rings is 1. The molecule has 1 N–H and O–H groups in total. The normalized spacial score (nSPS) is 17.2. The highest BCUT2D eigenvalue weighted by atomic mass is 32.2. The molecule has 2 aromatic heterocycles. The lowest BCUT2D eigenvalue weighted by molar-refractivity contribution is 0.471. The second kappa shape index (κ2) is 8.39. The van der Waals surface area contributed by atoms with Crippen molar-refractivity contribution in [3.05, 3.63) is 65.5 Å². The third-order valence-corrected chi connectivity index (χ3v) is 7.49. The van der Waals surface area contributed by atoms with Gasteiger partial charge in [-0.2, -0.15) is 9.40 Å². The summed E-state index contributed by atoms with van der Waals surface area (Å²) in [7, 11) is -3.60. The van der Waals surface area contributed by atoms with Gasteiger partial charge in [0.15, 0.2) is 0 Å². The van der Waals surface area contributed by atoms with E-state index >= 15 is 0 Å². The molecule has 1 atom stereocenters.